The Balaban J connectivity index is 1.18. The number of hydrogen-bond acceptors (Lipinski definition) is 6. The van der Waals surface area contributed by atoms with Gasteiger partial charge in [0.05, 0.1) is 25.2 Å². The fourth-order valence-corrected chi connectivity index (χ4v) is 5.03. The van der Waals surface area contributed by atoms with E-state index in [4.69, 9.17) is 23.7 Å². The summed E-state index contributed by atoms with van der Waals surface area (Å²) in [6, 6.07) is 0. The molecular weight excluding hydrogens is 360 g/mol. The number of ether oxygens (including phenoxy) is 5. The van der Waals surface area contributed by atoms with Crippen molar-refractivity contribution >= 4 is 5.97 Å². The number of rotatable bonds is 6. The number of fused-ring (bicyclic) bond motifs is 1. The van der Waals surface area contributed by atoms with E-state index >= 15 is 0 Å². The van der Waals surface area contributed by atoms with Crippen LogP contribution in [0.5, 0.6) is 0 Å². The van der Waals surface area contributed by atoms with Crippen LogP contribution < -0.4 is 0 Å². The molecule has 2 saturated heterocycles. The molecule has 2 aliphatic heterocycles. The molecule has 0 aromatic carbocycles. The van der Waals surface area contributed by atoms with E-state index in [1.54, 1.807) is 0 Å². The molecular formula is C22H36O6. The van der Waals surface area contributed by atoms with Crippen molar-refractivity contribution in [1.82, 2.24) is 0 Å². The number of carbonyl (C=O) groups is 1. The van der Waals surface area contributed by atoms with Crippen LogP contribution in [-0.4, -0.2) is 56.5 Å². The van der Waals surface area contributed by atoms with Crippen LogP contribution in [0.2, 0.25) is 0 Å². The maximum Gasteiger partial charge on any atom is 0.309 e. The lowest BCUT2D eigenvalue weighted by Crippen LogP contribution is -2.37. The Morgan fingerprint density at radius 2 is 1.36 bits per heavy atom. The number of hydrogen-bond donors (Lipinski definition) is 0. The van der Waals surface area contributed by atoms with Crippen molar-refractivity contribution in [2.75, 3.05) is 20.0 Å². The average molecular weight is 397 g/mol. The first-order valence-corrected chi connectivity index (χ1v) is 11.3. The van der Waals surface area contributed by atoms with E-state index in [1.165, 1.54) is 12.8 Å². The maximum absolute atomic E-state index is 12.5. The SMILES string of the molecule is CC1CCC(OCO[C@H]2CO[C@H]3[C@@H]2OC[C@H]3OC(=O)[C@H]2CC[C@@H](C)CC2)CC1. The quantitative estimate of drug-likeness (QED) is 0.506. The molecule has 0 amide bonds. The highest BCUT2D eigenvalue weighted by atomic mass is 16.7. The van der Waals surface area contributed by atoms with E-state index < -0.39 is 0 Å². The van der Waals surface area contributed by atoms with Gasteiger partial charge in [-0.3, -0.25) is 4.79 Å². The third-order valence-corrected chi connectivity index (χ3v) is 7.13. The van der Waals surface area contributed by atoms with Crippen molar-refractivity contribution in [3.05, 3.63) is 0 Å². The standard InChI is InChI=1S/C22H36O6/c1-14-3-7-16(8-4-14)22(23)28-19-12-25-20-18(11-24-21(19)20)27-13-26-17-9-5-15(2)6-10-17/h14-21H,3-13H2,1-2H3/t14-,15?,16+,17?,18-,19+,20+,21+/m0/s1. The molecule has 0 N–H and O–H groups in total. The van der Waals surface area contributed by atoms with Crippen LogP contribution >= 0.6 is 0 Å². The second-order valence-corrected chi connectivity index (χ2v) is 9.40. The van der Waals surface area contributed by atoms with E-state index in [2.05, 4.69) is 13.8 Å². The third-order valence-electron chi connectivity index (χ3n) is 7.13. The van der Waals surface area contributed by atoms with Gasteiger partial charge in [-0.2, -0.15) is 0 Å². The van der Waals surface area contributed by atoms with Gasteiger partial charge < -0.3 is 23.7 Å². The van der Waals surface area contributed by atoms with E-state index in [0.717, 1.165) is 50.4 Å². The van der Waals surface area contributed by atoms with Crippen molar-refractivity contribution < 1.29 is 28.5 Å². The Hall–Kier alpha value is -0.690. The number of esters is 1. The molecule has 6 heteroatoms. The molecule has 4 atom stereocenters. The van der Waals surface area contributed by atoms with Gasteiger partial charge in [0.25, 0.3) is 0 Å². The second-order valence-electron chi connectivity index (χ2n) is 9.40. The largest absolute Gasteiger partial charge is 0.457 e. The molecule has 28 heavy (non-hydrogen) atoms. The number of carbonyl (C=O) groups excluding carboxylic acids is 1. The molecule has 0 aromatic rings. The van der Waals surface area contributed by atoms with Gasteiger partial charge in [0.15, 0.2) is 6.10 Å². The van der Waals surface area contributed by atoms with Crippen molar-refractivity contribution in [2.45, 2.75) is 95.7 Å². The molecule has 6 nitrogen and oxygen atoms in total. The Morgan fingerprint density at radius 1 is 0.786 bits per heavy atom. The first kappa shape index (κ1) is 20.6. The van der Waals surface area contributed by atoms with E-state index in [9.17, 15) is 4.79 Å². The first-order chi connectivity index (χ1) is 13.6. The zero-order chi connectivity index (χ0) is 19.5. The molecule has 0 spiro atoms. The molecule has 0 radical (unpaired) electrons. The zero-order valence-corrected chi connectivity index (χ0v) is 17.3. The molecule has 0 aromatic heterocycles. The topological polar surface area (TPSA) is 63.2 Å². The molecule has 0 unspecified atom stereocenters. The smallest absolute Gasteiger partial charge is 0.309 e. The van der Waals surface area contributed by atoms with Crippen LogP contribution in [-0.2, 0) is 28.5 Å². The monoisotopic (exact) mass is 396 g/mol. The van der Waals surface area contributed by atoms with Gasteiger partial charge in [0, 0.05) is 0 Å². The van der Waals surface area contributed by atoms with Crippen LogP contribution in [0.4, 0.5) is 0 Å². The summed E-state index contributed by atoms with van der Waals surface area (Å²) in [6.07, 6.45) is 8.26. The highest BCUT2D eigenvalue weighted by Crippen LogP contribution is 2.34. The van der Waals surface area contributed by atoms with Gasteiger partial charge in [-0.1, -0.05) is 13.8 Å². The van der Waals surface area contributed by atoms with Gasteiger partial charge in [-0.05, 0) is 63.2 Å². The summed E-state index contributed by atoms with van der Waals surface area (Å²) in [4.78, 5) is 12.5. The van der Waals surface area contributed by atoms with Gasteiger partial charge in [-0.15, -0.1) is 0 Å². The normalized spacial score (nSPS) is 43.6. The summed E-state index contributed by atoms with van der Waals surface area (Å²) >= 11 is 0. The maximum atomic E-state index is 12.5. The molecule has 4 fully saturated rings. The van der Waals surface area contributed by atoms with E-state index in [0.29, 0.717) is 19.3 Å². The van der Waals surface area contributed by atoms with Crippen LogP contribution in [0.15, 0.2) is 0 Å². The van der Waals surface area contributed by atoms with E-state index in [1.807, 2.05) is 0 Å². The molecule has 2 saturated carbocycles. The summed E-state index contributed by atoms with van der Waals surface area (Å²) in [5, 5.41) is 0. The Labute approximate surface area is 168 Å². The van der Waals surface area contributed by atoms with Crippen LogP contribution in [0.1, 0.15) is 65.2 Å². The molecule has 2 aliphatic carbocycles. The van der Waals surface area contributed by atoms with Gasteiger partial charge >= 0.3 is 5.97 Å². The molecule has 4 rings (SSSR count). The van der Waals surface area contributed by atoms with Crippen molar-refractivity contribution in [3.8, 4) is 0 Å². The molecule has 0 bridgehead atoms. The lowest BCUT2D eigenvalue weighted by Gasteiger charge is -2.27. The first-order valence-electron chi connectivity index (χ1n) is 11.3. The van der Waals surface area contributed by atoms with Crippen LogP contribution in [0.3, 0.4) is 0 Å². The lowest BCUT2D eigenvalue weighted by molar-refractivity contribution is -0.161. The van der Waals surface area contributed by atoms with Gasteiger partial charge in [0.1, 0.15) is 25.1 Å². The predicted molar refractivity (Wildman–Crippen MR) is 103 cm³/mol. The second kappa shape index (κ2) is 9.41. The fourth-order valence-electron chi connectivity index (χ4n) is 5.03. The minimum absolute atomic E-state index is 0.0373. The lowest BCUT2D eigenvalue weighted by atomic mass is 9.83. The summed E-state index contributed by atoms with van der Waals surface area (Å²) in [5.41, 5.74) is 0. The molecule has 160 valence electrons. The van der Waals surface area contributed by atoms with Crippen molar-refractivity contribution in [1.29, 1.82) is 0 Å². The summed E-state index contributed by atoms with van der Waals surface area (Å²) in [6.45, 7) is 5.70. The highest BCUT2D eigenvalue weighted by molar-refractivity contribution is 5.72. The third kappa shape index (κ3) is 4.89. The summed E-state index contributed by atoms with van der Waals surface area (Å²) in [5.74, 6) is 1.49. The highest BCUT2D eigenvalue weighted by Gasteiger charge is 2.50. The minimum Gasteiger partial charge on any atom is -0.457 e. The van der Waals surface area contributed by atoms with E-state index in [-0.39, 0.29) is 43.1 Å². The van der Waals surface area contributed by atoms with Crippen LogP contribution in [0.25, 0.3) is 0 Å². The van der Waals surface area contributed by atoms with Crippen molar-refractivity contribution in [3.63, 3.8) is 0 Å². The Kier molecular flexibility index (Phi) is 6.92. The summed E-state index contributed by atoms with van der Waals surface area (Å²) in [7, 11) is 0. The van der Waals surface area contributed by atoms with Crippen molar-refractivity contribution in [2.24, 2.45) is 17.8 Å². The molecule has 4 aliphatic rings. The Bertz CT molecular complexity index is 509. The van der Waals surface area contributed by atoms with Gasteiger partial charge in [0.2, 0.25) is 0 Å². The average Bonchev–Trinajstić information content (AvgIpc) is 3.27. The Morgan fingerprint density at radius 3 is 2.04 bits per heavy atom. The summed E-state index contributed by atoms with van der Waals surface area (Å²) < 4.78 is 29.4. The van der Waals surface area contributed by atoms with Crippen LogP contribution in [0, 0.1) is 17.8 Å². The zero-order valence-electron chi connectivity index (χ0n) is 17.3. The van der Waals surface area contributed by atoms with Gasteiger partial charge in [-0.25, -0.2) is 0 Å². The minimum atomic E-state index is -0.314. The molecule has 2 heterocycles. The fraction of sp³-hybridized carbons (Fsp3) is 0.955. The predicted octanol–water partition coefficient (Wildman–Crippen LogP) is 3.46.